The molecule has 0 atom stereocenters. The molecule has 0 spiro atoms. The second-order valence-corrected chi connectivity index (χ2v) is 4.65. The number of nitrogens with two attached hydrogens (primary N) is 1. The van der Waals surface area contributed by atoms with Crippen molar-refractivity contribution in [3.8, 4) is 11.4 Å². The molecule has 0 aliphatic carbocycles. The number of benzene rings is 1. The van der Waals surface area contributed by atoms with Gasteiger partial charge in [0.05, 0.1) is 0 Å². The first-order valence-corrected chi connectivity index (χ1v) is 5.70. The van der Waals surface area contributed by atoms with E-state index >= 15 is 0 Å². The molecule has 2 rings (SSSR count). The molecule has 1 aromatic heterocycles. The Morgan fingerprint density at radius 1 is 1.35 bits per heavy atom. The fraction of sp³-hybridized carbons (Fsp3) is 0.417. The van der Waals surface area contributed by atoms with Crippen molar-refractivity contribution in [1.29, 1.82) is 0 Å². The lowest BCUT2D eigenvalue weighted by molar-refractivity contribution is 0.475. The zero-order valence-electron chi connectivity index (χ0n) is 10.4. The number of nitrogen functional groups attached to an aromatic ring is 1. The van der Waals surface area contributed by atoms with Gasteiger partial charge in [0, 0.05) is 17.8 Å². The van der Waals surface area contributed by atoms with Gasteiger partial charge in [-0.2, -0.15) is 0 Å². The van der Waals surface area contributed by atoms with Crippen molar-refractivity contribution >= 4 is 5.69 Å². The van der Waals surface area contributed by atoms with E-state index in [-0.39, 0.29) is 0 Å². The molecule has 0 saturated carbocycles. The number of aromatic nitrogens is 4. The number of nitrogens with zero attached hydrogens (tertiary/aromatic N) is 4. The van der Waals surface area contributed by atoms with Crippen LogP contribution in [0.3, 0.4) is 0 Å². The van der Waals surface area contributed by atoms with Crippen molar-refractivity contribution < 1.29 is 0 Å². The minimum absolute atomic E-state index is 0.499. The maximum absolute atomic E-state index is 5.81. The van der Waals surface area contributed by atoms with Gasteiger partial charge < -0.3 is 5.73 Å². The Morgan fingerprint density at radius 2 is 2.12 bits per heavy atom. The largest absolute Gasteiger partial charge is 0.399 e. The topological polar surface area (TPSA) is 69.6 Å². The fourth-order valence-corrected chi connectivity index (χ4v) is 1.75. The second kappa shape index (κ2) is 4.53. The van der Waals surface area contributed by atoms with Crippen LogP contribution in [0.2, 0.25) is 0 Å². The van der Waals surface area contributed by atoms with E-state index in [1.165, 1.54) is 0 Å². The van der Waals surface area contributed by atoms with Crippen LogP contribution in [-0.2, 0) is 6.54 Å². The number of tetrazole rings is 1. The van der Waals surface area contributed by atoms with Crippen molar-refractivity contribution in [1.82, 2.24) is 20.2 Å². The van der Waals surface area contributed by atoms with Crippen LogP contribution in [0.5, 0.6) is 0 Å². The average molecular weight is 231 g/mol. The smallest absolute Gasteiger partial charge is 0.182 e. The molecule has 0 radical (unpaired) electrons. The molecule has 17 heavy (non-hydrogen) atoms. The molecule has 5 heteroatoms. The molecule has 1 aromatic carbocycles. The molecular formula is C12H17N5. The summed E-state index contributed by atoms with van der Waals surface area (Å²) < 4.78 is 1.83. The molecule has 0 unspecified atom stereocenters. The third kappa shape index (κ3) is 2.43. The molecule has 0 amide bonds. The van der Waals surface area contributed by atoms with Crippen molar-refractivity contribution in [2.75, 3.05) is 5.73 Å². The number of rotatable bonds is 3. The number of hydrogen-bond acceptors (Lipinski definition) is 4. The molecule has 0 saturated heterocycles. The first-order chi connectivity index (χ1) is 8.08. The van der Waals surface area contributed by atoms with Gasteiger partial charge >= 0.3 is 0 Å². The van der Waals surface area contributed by atoms with Crippen LogP contribution < -0.4 is 5.73 Å². The molecule has 0 bridgehead atoms. The Kier molecular flexibility index (Phi) is 3.08. The summed E-state index contributed by atoms with van der Waals surface area (Å²) in [6, 6.07) is 5.78. The lowest BCUT2D eigenvalue weighted by Crippen LogP contribution is -2.08. The van der Waals surface area contributed by atoms with Gasteiger partial charge in [0.1, 0.15) is 0 Å². The predicted molar refractivity (Wildman–Crippen MR) is 67.2 cm³/mol. The minimum Gasteiger partial charge on any atom is -0.399 e. The molecule has 5 nitrogen and oxygen atoms in total. The first kappa shape index (κ1) is 11.6. The second-order valence-electron chi connectivity index (χ2n) is 4.65. The molecule has 90 valence electrons. The number of hydrogen-bond donors (Lipinski definition) is 1. The molecule has 2 aromatic rings. The number of anilines is 1. The predicted octanol–water partition coefficient (Wildman–Crippen LogP) is 1.89. The monoisotopic (exact) mass is 231 g/mol. The summed E-state index contributed by atoms with van der Waals surface area (Å²) in [5.41, 5.74) is 8.65. The van der Waals surface area contributed by atoms with Gasteiger partial charge in [0.2, 0.25) is 0 Å². The molecular weight excluding hydrogens is 214 g/mol. The van der Waals surface area contributed by atoms with E-state index in [0.29, 0.717) is 5.92 Å². The van der Waals surface area contributed by atoms with Crippen molar-refractivity contribution in [2.24, 2.45) is 5.92 Å². The van der Waals surface area contributed by atoms with Crippen LogP contribution in [0.15, 0.2) is 18.2 Å². The standard InChI is InChI=1S/C12H17N5/c1-8(2)7-17-12(14-15-16-17)11-6-10(13)5-4-9(11)3/h4-6,8H,7,13H2,1-3H3. The minimum atomic E-state index is 0.499. The lowest BCUT2D eigenvalue weighted by atomic mass is 10.1. The molecule has 0 fully saturated rings. The van der Waals surface area contributed by atoms with Crippen LogP contribution in [0.25, 0.3) is 11.4 Å². The highest BCUT2D eigenvalue weighted by molar-refractivity contribution is 5.65. The van der Waals surface area contributed by atoms with Crippen LogP contribution >= 0.6 is 0 Å². The van der Waals surface area contributed by atoms with Gasteiger partial charge in [-0.3, -0.25) is 0 Å². The quantitative estimate of drug-likeness (QED) is 0.819. The third-order valence-corrected chi connectivity index (χ3v) is 2.57. The fourth-order valence-electron chi connectivity index (χ4n) is 1.75. The SMILES string of the molecule is Cc1ccc(N)cc1-c1nnnn1CC(C)C. The maximum Gasteiger partial charge on any atom is 0.182 e. The molecule has 0 aliphatic rings. The van der Waals surface area contributed by atoms with Crippen LogP contribution in [0, 0.1) is 12.8 Å². The summed E-state index contributed by atoms with van der Waals surface area (Å²) >= 11 is 0. The summed E-state index contributed by atoms with van der Waals surface area (Å²) in [6.07, 6.45) is 0. The van der Waals surface area contributed by atoms with Gasteiger partial charge in [-0.1, -0.05) is 19.9 Å². The van der Waals surface area contributed by atoms with Crippen molar-refractivity contribution in [2.45, 2.75) is 27.3 Å². The van der Waals surface area contributed by atoms with E-state index in [1.807, 2.05) is 29.8 Å². The summed E-state index contributed by atoms with van der Waals surface area (Å²) in [6.45, 7) is 7.11. The first-order valence-electron chi connectivity index (χ1n) is 5.70. The van der Waals surface area contributed by atoms with Gasteiger partial charge in [-0.15, -0.1) is 5.10 Å². The third-order valence-electron chi connectivity index (χ3n) is 2.57. The highest BCUT2D eigenvalue weighted by Gasteiger charge is 2.12. The zero-order chi connectivity index (χ0) is 12.4. The zero-order valence-corrected chi connectivity index (χ0v) is 10.4. The van der Waals surface area contributed by atoms with Crippen LogP contribution in [-0.4, -0.2) is 20.2 Å². The van der Waals surface area contributed by atoms with Gasteiger partial charge in [0.25, 0.3) is 0 Å². The highest BCUT2D eigenvalue weighted by Crippen LogP contribution is 2.23. The van der Waals surface area contributed by atoms with E-state index in [0.717, 1.165) is 29.2 Å². The van der Waals surface area contributed by atoms with Crippen LogP contribution in [0.4, 0.5) is 5.69 Å². The maximum atomic E-state index is 5.81. The Hall–Kier alpha value is -1.91. The summed E-state index contributed by atoms with van der Waals surface area (Å²) in [4.78, 5) is 0. The summed E-state index contributed by atoms with van der Waals surface area (Å²) in [7, 11) is 0. The lowest BCUT2D eigenvalue weighted by Gasteiger charge is -2.09. The van der Waals surface area contributed by atoms with Crippen LogP contribution in [0.1, 0.15) is 19.4 Å². The highest BCUT2D eigenvalue weighted by atomic mass is 15.5. The van der Waals surface area contributed by atoms with Gasteiger partial charge in [0.15, 0.2) is 5.82 Å². The molecule has 2 N–H and O–H groups in total. The van der Waals surface area contributed by atoms with Crippen molar-refractivity contribution in [3.63, 3.8) is 0 Å². The van der Waals surface area contributed by atoms with E-state index < -0.39 is 0 Å². The Bertz CT molecular complexity index is 515. The van der Waals surface area contributed by atoms with E-state index in [4.69, 9.17) is 5.73 Å². The van der Waals surface area contributed by atoms with Gasteiger partial charge in [-0.05, 0) is 41.0 Å². The Morgan fingerprint density at radius 3 is 2.82 bits per heavy atom. The average Bonchev–Trinajstić information content (AvgIpc) is 2.69. The van der Waals surface area contributed by atoms with Crippen molar-refractivity contribution in [3.05, 3.63) is 23.8 Å². The summed E-state index contributed by atoms with van der Waals surface area (Å²) in [5, 5.41) is 11.9. The summed E-state index contributed by atoms with van der Waals surface area (Å²) in [5.74, 6) is 1.28. The van der Waals surface area contributed by atoms with E-state index in [2.05, 4.69) is 29.4 Å². The Labute approximate surface area is 101 Å². The normalized spacial score (nSPS) is 11.1. The molecule has 1 heterocycles. The molecule has 0 aliphatic heterocycles. The van der Waals surface area contributed by atoms with Gasteiger partial charge in [-0.25, -0.2) is 4.68 Å². The number of aryl methyl sites for hydroxylation is 1. The Balaban J connectivity index is 2.45. The van der Waals surface area contributed by atoms with E-state index in [9.17, 15) is 0 Å². The van der Waals surface area contributed by atoms with E-state index in [1.54, 1.807) is 0 Å².